The van der Waals surface area contributed by atoms with E-state index in [0.29, 0.717) is 6.54 Å². The molecule has 2 aromatic carbocycles. The second-order valence-corrected chi connectivity index (χ2v) is 9.72. The molecule has 0 heterocycles. The van der Waals surface area contributed by atoms with Crippen LogP contribution in [0.2, 0.25) is 0 Å². The summed E-state index contributed by atoms with van der Waals surface area (Å²) in [5.41, 5.74) is 1.38. The van der Waals surface area contributed by atoms with Crippen LogP contribution in [0.3, 0.4) is 0 Å². The fraction of sp³-hybridized carbons (Fsp3) is 0.435. The summed E-state index contributed by atoms with van der Waals surface area (Å²) < 4.78 is 28.4. The van der Waals surface area contributed by atoms with Crippen LogP contribution < -0.4 is 10.0 Å². The van der Waals surface area contributed by atoms with Crippen LogP contribution in [0, 0.1) is 5.92 Å². The Morgan fingerprint density at radius 1 is 1.07 bits per heavy atom. The highest BCUT2D eigenvalue weighted by Gasteiger charge is 2.28. The van der Waals surface area contributed by atoms with E-state index in [0.717, 1.165) is 30.0 Å². The van der Waals surface area contributed by atoms with E-state index in [1.165, 1.54) is 18.4 Å². The Bertz CT molecular complexity index is 996. The molecule has 0 fully saturated rings. The zero-order valence-electron chi connectivity index (χ0n) is 17.1. The Morgan fingerprint density at radius 2 is 1.83 bits per heavy atom. The summed E-state index contributed by atoms with van der Waals surface area (Å²) in [7, 11) is -3.81. The minimum Gasteiger partial charge on any atom is -0.354 e. The molecule has 2 aromatic rings. The van der Waals surface area contributed by atoms with Gasteiger partial charge in [-0.3, -0.25) is 4.79 Å². The van der Waals surface area contributed by atoms with Crippen molar-refractivity contribution in [1.82, 2.24) is 10.0 Å². The predicted octanol–water partition coefficient (Wildman–Crippen LogP) is 4.15. The van der Waals surface area contributed by atoms with Crippen molar-refractivity contribution in [2.45, 2.75) is 56.9 Å². The van der Waals surface area contributed by atoms with Gasteiger partial charge in [0.15, 0.2) is 0 Å². The number of hydrogen-bond acceptors (Lipinski definition) is 3. The van der Waals surface area contributed by atoms with E-state index in [-0.39, 0.29) is 16.7 Å². The highest BCUT2D eigenvalue weighted by molar-refractivity contribution is 7.89. The van der Waals surface area contributed by atoms with E-state index in [1.54, 1.807) is 18.2 Å². The standard InChI is InChI=1S/C23H30N2O3S/c1-17(2)22(23(26)24-15-14-18-8-4-3-5-9-18)25-29(27,28)21-13-12-19-10-6-7-11-20(19)16-21/h6-8,10-13,16-17,22,25H,3-5,9,14-15H2,1-2H3,(H,24,26)/t22-/m1/s1. The van der Waals surface area contributed by atoms with Crippen LogP contribution in [0.25, 0.3) is 10.8 Å². The molecule has 0 bridgehead atoms. The average Bonchev–Trinajstić information content (AvgIpc) is 2.72. The first-order chi connectivity index (χ1) is 13.9. The van der Waals surface area contributed by atoms with Gasteiger partial charge in [0.05, 0.1) is 4.90 Å². The summed E-state index contributed by atoms with van der Waals surface area (Å²) >= 11 is 0. The van der Waals surface area contributed by atoms with Crippen LogP contribution in [0.1, 0.15) is 46.0 Å². The number of fused-ring (bicyclic) bond motifs is 1. The first-order valence-electron chi connectivity index (χ1n) is 10.3. The van der Waals surface area contributed by atoms with Crippen molar-refractivity contribution in [1.29, 1.82) is 0 Å². The van der Waals surface area contributed by atoms with Crippen LogP contribution in [-0.2, 0) is 14.8 Å². The van der Waals surface area contributed by atoms with Crippen LogP contribution in [0.15, 0.2) is 59.0 Å². The van der Waals surface area contributed by atoms with Gasteiger partial charge in [-0.15, -0.1) is 0 Å². The third-order valence-corrected chi connectivity index (χ3v) is 6.83. The van der Waals surface area contributed by atoms with Gasteiger partial charge in [0.2, 0.25) is 15.9 Å². The van der Waals surface area contributed by atoms with Gasteiger partial charge < -0.3 is 5.32 Å². The van der Waals surface area contributed by atoms with Gasteiger partial charge in [-0.2, -0.15) is 4.72 Å². The number of carbonyl (C=O) groups is 1. The maximum absolute atomic E-state index is 12.9. The van der Waals surface area contributed by atoms with Crippen molar-refractivity contribution in [3.05, 3.63) is 54.1 Å². The number of allylic oxidation sites excluding steroid dienone is 1. The molecule has 156 valence electrons. The summed E-state index contributed by atoms with van der Waals surface area (Å²) in [5, 5.41) is 4.73. The van der Waals surface area contributed by atoms with Gasteiger partial charge in [-0.05, 0) is 60.9 Å². The van der Waals surface area contributed by atoms with E-state index < -0.39 is 16.1 Å². The molecule has 2 N–H and O–H groups in total. The summed E-state index contributed by atoms with van der Waals surface area (Å²) in [5.74, 6) is -0.445. The topological polar surface area (TPSA) is 75.3 Å². The molecule has 1 aliphatic rings. The lowest BCUT2D eigenvalue weighted by Crippen LogP contribution is -2.49. The lowest BCUT2D eigenvalue weighted by Gasteiger charge is -2.22. The van der Waals surface area contributed by atoms with Crippen LogP contribution in [0.4, 0.5) is 0 Å². The van der Waals surface area contributed by atoms with Crippen molar-refractivity contribution in [3.63, 3.8) is 0 Å². The van der Waals surface area contributed by atoms with Crippen molar-refractivity contribution < 1.29 is 13.2 Å². The first-order valence-corrected chi connectivity index (χ1v) is 11.8. The van der Waals surface area contributed by atoms with Gasteiger partial charge >= 0.3 is 0 Å². The molecule has 0 radical (unpaired) electrons. The van der Waals surface area contributed by atoms with Crippen molar-refractivity contribution in [3.8, 4) is 0 Å². The molecule has 1 aliphatic carbocycles. The number of nitrogens with one attached hydrogen (secondary N) is 2. The molecule has 0 aromatic heterocycles. The highest BCUT2D eigenvalue weighted by atomic mass is 32.2. The maximum atomic E-state index is 12.9. The van der Waals surface area contributed by atoms with Gasteiger partial charge in [-0.25, -0.2) is 8.42 Å². The van der Waals surface area contributed by atoms with Crippen LogP contribution in [0.5, 0.6) is 0 Å². The molecule has 29 heavy (non-hydrogen) atoms. The minimum atomic E-state index is -3.81. The zero-order valence-corrected chi connectivity index (χ0v) is 18.0. The Kier molecular flexibility index (Phi) is 7.09. The summed E-state index contributed by atoms with van der Waals surface area (Å²) in [6.45, 7) is 4.22. The van der Waals surface area contributed by atoms with E-state index >= 15 is 0 Å². The lowest BCUT2D eigenvalue weighted by molar-refractivity contribution is -0.123. The monoisotopic (exact) mass is 414 g/mol. The van der Waals surface area contributed by atoms with Crippen molar-refractivity contribution in [2.24, 2.45) is 5.92 Å². The number of hydrogen-bond donors (Lipinski definition) is 2. The highest BCUT2D eigenvalue weighted by Crippen LogP contribution is 2.21. The Labute approximate surface area is 173 Å². The summed E-state index contributed by atoms with van der Waals surface area (Å²) in [6.07, 6.45) is 7.75. The van der Waals surface area contributed by atoms with E-state index in [1.807, 2.05) is 38.1 Å². The van der Waals surface area contributed by atoms with E-state index in [4.69, 9.17) is 0 Å². The first kappa shape index (κ1) is 21.5. The fourth-order valence-corrected chi connectivity index (χ4v) is 5.03. The van der Waals surface area contributed by atoms with Crippen molar-refractivity contribution in [2.75, 3.05) is 6.54 Å². The zero-order chi connectivity index (χ0) is 20.9. The van der Waals surface area contributed by atoms with E-state index in [2.05, 4.69) is 16.1 Å². The molecule has 1 amide bonds. The molecule has 3 rings (SSSR count). The number of benzene rings is 2. The smallest absolute Gasteiger partial charge is 0.241 e. The summed E-state index contributed by atoms with van der Waals surface area (Å²) in [4.78, 5) is 12.9. The Morgan fingerprint density at radius 3 is 2.52 bits per heavy atom. The van der Waals surface area contributed by atoms with Crippen LogP contribution in [-0.4, -0.2) is 26.9 Å². The van der Waals surface area contributed by atoms with Crippen LogP contribution >= 0.6 is 0 Å². The number of rotatable bonds is 8. The third kappa shape index (κ3) is 5.67. The number of amides is 1. The molecule has 6 heteroatoms. The second-order valence-electron chi connectivity index (χ2n) is 8.00. The third-order valence-electron chi connectivity index (χ3n) is 5.39. The van der Waals surface area contributed by atoms with Gasteiger partial charge in [0.1, 0.15) is 6.04 Å². The molecule has 5 nitrogen and oxygen atoms in total. The molecular weight excluding hydrogens is 384 g/mol. The van der Waals surface area contributed by atoms with Crippen molar-refractivity contribution >= 4 is 26.7 Å². The lowest BCUT2D eigenvalue weighted by atomic mass is 9.97. The van der Waals surface area contributed by atoms with E-state index in [9.17, 15) is 13.2 Å². The molecule has 0 aliphatic heterocycles. The Balaban J connectivity index is 1.67. The predicted molar refractivity (Wildman–Crippen MR) is 117 cm³/mol. The minimum absolute atomic E-state index is 0.167. The molecular formula is C23H30N2O3S. The van der Waals surface area contributed by atoms with Gasteiger partial charge in [0.25, 0.3) is 0 Å². The molecule has 0 saturated carbocycles. The molecule has 0 unspecified atom stereocenters. The summed E-state index contributed by atoms with van der Waals surface area (Å²) in [6, 6.07) is 11.8. The Hall–Kier alpha value is -2.18. The molecule has 1 atom stereocenters. The second kappa shape index (κ2) is 9.55. The largest absolute Gasteiger partial charge is 0.354 e. The van der Waals surface area contributed by atoms with Gasteiger partial charge in [0, 0.05) is 6.54 Å². The molecule has 0 saturated heterocycles. The normalized spacial score (nSPS) is 15.9. The number of sulfonamides is 1. The number of carbonyl (C=O) groups excluding carboxylic acids is 1. The quantitative estimate of drug-likeness (QED) is 0.637. The molecule has 0 spiro atoms. The average molecular weight is 415 g/mol. The van der Waals surface area contributed by atoms with Gasteiger partial charge in [-0.1, -0.05) is 55.8 Å². The maximum Gasteiger partial charge on any atom is 0.241 e. The fourth-order valence-electron chi connectivity index (χ4n) is 3.65. The SMILES string of the molecule is CC(C)[C@@H](NS(=O)(=O)c1ccc2ccccc2c1)C(=O)NCCC1=CCCCC1.